The summed E-state index contributed by atoms with van der Waals surface area (Å²) < 4.78 is 6.10. The fourth-order valence-electron chi connectivity index (χ4n) is 4.83. The lowest BCUT2D eigenvalue weighted by atomic mass is 9.95. The Hall–Kier alpha value is -4.62. The fraction of sp³-hybridized carbons (Fsp3) is 0.100. The van der Waals surface area contributed by atoms with Crippen molar-refractivity contribution in [3.05, 3.63) is 124 Å². The second kappa shape index (κ2) is 9.68. The highest BCUT2D eigenvalue weighted by atomic mass is 35.5. The third-order valence-electron chi connectivity index (χ3n) is 6.62. The largest absolute Gasteiger partial charge is 0.507 e. The third kappa shape index (κ3) is 4.27. The first-order valence-electron chi connectivity index (χ1n) is 12.1. The van der Waals surface area contributed by atoms with Crippen LogP contribution in [0.15, 0.2) is 91.3 Å². The number of hydrogen-bond acceptors (Lipinski definition) is 5. The molecule has 1 aliphatic rings. The van der Waals surface area contributed by atoms with Crippen LogP contribution in [0.1, 0.15) is 38.8 Å². The minimum absolute atomic E-state index is 0.0410. The van der Waals surface area contributed by atoms with E-state index >= 15 is 0 Å². The summed E-state index contributed by atoms with van der Waals surface area (Å²) in [5.41, 5.74) is 4.46. The second-order valence-electron chi connectivity index (χ2n) is 9.16. The van der Waals surface area contributed by atoms with Crippen LogP contribution in [-0.2, 0) is 6.54 Å². The maximum Gasteiger partial charge on any atom is 0.273 e. The van der Waals surface area contributed by atoms with Gasteiger partial charge < -0.3 is 14.7 Å². The number of aryl methyl sites for hydroxylation is 1. The number of para-hydroxylation sites is 1. The standard InChI is InChI=1S/C30H23ClN4O3/c1-18-13-25(36)23(15-24(18)31)27-26-28(34-33-27)30(37)35(17-19-7-6-12-32-16-19)29(26)20-8-5-11-22(14-20)38-21-9-3-2-4-10-21/h2-16,29,36H,17H2,1H3,(H,33,34). The van der Waals surface area contributed by atoms with Crippen LogP contribution in [0.5, 0.6) is 17.2 Å². The Bertz CT molecular complexity index is 1640. The number of halogens is 1. The number of rotatable bonds is 6. The molecule has 188 valence electrons. The molecule has 0 spiro atoms. The molecule has 8 heteroatoms. The Morgan fingerprint density at radius 2 is 1.84 bits per heavy atom. The van der Waals surface area contributed by atoms with Crippen LogP contribution in [0.3, 0.4) is 0 Å². The molecule has 0 saturated heterocycles. The molecule has 0 saturated carbocycles. The third-order valence-corrected chi connectivity index (χ3v) is 7.03. The van der Waals surface area contributed by atoms with Crippen molar-refractivity contribution in [1.82, 2.24) is 20.1 Å². The van der Waals surface area contributed by atoms with Gasteiger partial charge in [0.25, 0.3) is 5.91 Å². The van der Waals surface area contributed by atoms with Gasteiger partial charge in [0.05, 0.1) is 6.04 Å². The number of aromatic amines is 1. The van der Waals surface area contributed by atoms with Crippen LogP contribution in [0.2, 0.25) is 5.02 Å². The number of aromatic nitrogens is 3. The highest BCUT2D eigenvalue weighted by molar-refractivity contribution is 6.31. The molecular formula is C30H23ClN4O3. The van der Waals surface area contributed by atoms with Crippen LogP contribution in [0, 0.1) is 6.92 Å². The Morgan fingerprint density at radius 1 is 1.03 bits per heavy atom. The number of nitrogens with zero attached hydrogens (tertiary/aromatic N) is 3. The van der Waals surface area contributed by atoms with E-state index in [0.29, 0.717) is 45.6 Å². The molecule has 1 unspecified atom stereocenters. The number of phenols is 1. The van der Waals surface area contributed by atoms with Gasteiger partial charge in [-0.2, -0.15) is 5.10 Å². The second-order valence-corrected chi connectivity index (χ2v) is 9.57. The van der Waals surface area contributed by atoms with Gasteiger partial charge in [0, 0.05) is 35.1 Å². The summed E-state index contributed by atoms with van der Waals surface area (Å²) in [6.45, 7) is 2.16. The number of nitrogens with one attached hydrogen (secondary N) is 1. The van der Waals surface area contributed by atoms with Gasteiger partial charge in [0.1, 0.15) is 28.6 Å². The molecule has 1 atom stereocenters. The average Bonchev–Trinajstić information content (AvgIpc) is 3.46. The zero-order valence-corrected chi connectivity index (χ0v) is 21.2. The van der Waals surface area contributed by atoms with Crippen LogP contribution >= 0.6 is 11.6 Å². The normalized spacial score (nSPS) is 14.5. The molecule has 38 heavy (non-hydrogen) atoms. The maximum atomic E-state index is 13.7. The highest BCUT2D eigenvalue weighted by Gasteiger charge is 2.42. The zero-order valence-electron chi connectivity index (χ0n) is 20.4. The van der Waals surface area contributed by atoms with Gasteiger partial charge in [-0.1, -0.05) is 48.0 Å². The Kier molecular flexibility index (Phi) is 6.05. The number of hydrogen-bond donors (Lipinski definition) is 2. The van der Waals surface area contributed by atoms with Crippen molar-refractivity contribution >= 4 is 17.5 Å². The van der Waals surface area contributed by atoms with Crippen molar-refractivity contribution in [3.8, 4) is 28.5 Å². The number of H-pyrrole nitrogens is 1. The van der Waals surface area contributed by atoms with Gasteiger partial charge in [0.15, 0.2) is 0 Å². The van der Waals surface area contributed by atoms with Gasteiger partial charge in [0.2, 0.25) is 0 Å². The lowest BCUT2D eigenvalue weighted by Crippen LogP contribution is -2.29. The van der Waals surface area contributed by atoms with Gasteiger partial charge in [-0.3, -0.25) is 14.9 Å². The van der Waals surface area contributed by atoms with Gasteiger partial charge in [-0.25, -0.2) is 0 Å². The number of carbonyl (C=O) groups is 1. The average molecular weight is 523 g/mol. The summed E-state index contributed by atoms with van der Waals surface area (Å²) in [6, 6.07) is 23.8. The van der Waals surface area contributed by atoms with Crippen molar-refractivity contribution in [2.24, 2.45) is 0 Å². The summed E-state index contributed by atoms with van der Waals surface area (Å²) in [5, 5.41) is 18.7. The Balaban J connectivity index is 1.48. The molecule has 0 bridgehead atoms. The van der Waals surface area contributed by atoms with Gasteiger partial charge >= 0.3 is 0 Å². The molecule has 3 aromatic carbocycles. The summed E-state index contributed by atoms with van der Waals surface area (Å²) in [4.78, 5) is 19.7. The van der Waals surface area contributed by atoms with Crippen molar-refractivity contribution in [1.29, 1.82) is 0 Å². The lowest BCUT2D eigenvalue weighted by Gasteiger charge is -2.27. The quantitative estimate of drug-likeness (QED) is 0.259. The number of fused-ring (bicyclic) bond motifs is 1. The first-order valence-corrected chi connectivity index (χ1v) is 12.5. The summed E-state index contributed by atoms with van der Waals surface area (Å²) in [6.07, 6.45) is 3.45. The molecule has 1 amide bonds. The van der Waals surface area contributed by atoms with E-state index in [1.807, 2.05) is 73.7 Å². The van der Waals surface area contributed by atoms with E-state index in [2.05, 4.69) is 15.2 Å². The van der Waals surface area contributed by atoms with E-state index in [1.54, 1.807) is 29.4 Å². The Morgan fingerprint density at radius 3 is 2.63 bits per heavy atom. The molecule has 2 N–H and O–H groups in total. The first-order chi connectivity index (χ1) is 18.5. The van der Waals surface area contributed by atoms with Crippen molar-refractivity contribution < 1.29 is 14.6 Å². The van der Waals surface area contributed by atoms with Gasteiger partial charge in [-0.05, 0) is 66.1 Å². The SMILES string of the molecule is Cc1cc(O)c(-c2n[nH]c3c2C(c2cccc(Oc4ccccc4)c2)N(Cc2cccnc2)C3=O)cc1Cl. The minimum Gasteiger partial charge on any atom is -0.507 e. The first kappa shape index (κ1) is 23.8. The van der Waals surface area contributed by atoms with E-state index in [0.717, 1.165) is 16.7 Å². The summed E-state index contributed by atoms with van der Waals surface area (Å²) >= 11 is 6.42. The number of amides is 1. The molecular weight excluding hydrogens is 500 g/mol. The molecule has 0 radical (unpaired) electrons. The van der Waals surface area contributed by atoms with E-state index in [9.17, 15) is 9.90 Å². The molecule has 7 nitrogen and oxygen atoms in total. The number of ether oxygens (including phenoxy) is 1. The molecule has 6 rings (SSSR count). The molecule has 0 fully saturated rings. The molecule has 0 aliphatic carbocycles. The number of aromatic hydroxyl groups is 1. The topological polar surface area (TPSA) is 91.3 Å². The van der Waals surface area contributed by atoms with Crippen LogP contribution in [-0.4, -0.2) is 31.1 Å². The van der Waals surface area contributed by atoms with Crippen LogP contribution < -0.4 is 4.74 Å². The number of pyridine rings is 1. The van der Waals surface area contributed by atoms with Gasteiger partial charge in [-0.15, -0.1) is 0 Å². The Labute approximate surface area is 224 Å². The van der Waals surface area contributed by atoms with Crippen molar-refractivity contribution in [2.45, 2.75) is 19.5 Å². The fourth-order valence-corrected chi connectivity index (χ4v) is 4.99. The van der Waals surface area contributed by atoms with Crippen LogP contribution in [0.25, 0.3) is 11.3 Å². The van der Waals surface area contributed by atoms with E-state index in [-0.39, 0.29) is 11.7 Å². The van der Waals surface area contributed by atoms with Crippen molar-refractivity contribution in [3.63, 3.8) is 0 Å². The van der Waals surface area contributed by atoms with E-state index < -0.39 is 6.04 Å². The minimum atomic E-state index is -0.495. The predicted molar refractivity (Wildman–Crippen MR) is 144 cm³/mol. The zero-order chi connectivity index (χ0) is 26.2. The molecule has 2 aromatic heterocycles. The highest BCUT2D eigenvalue weighted by Crippen LogP contribution is 2.46. The molecule has 5 aromatic rings. The number of benzene rings is 3. The lowest BCUT2D eigenvalue weighted by molar-refractivity contribution is 0.0729. The van der Waals surface area contributed by atoms with Crippen molar-refractivity contribution in [2.75, 3.05) is 0 Å². The summed E-state index contributed by atoms with van der Waals surface area (Å²) in [7, 11) is 0. The monoisotopic (exact) mass is 522 g/mol. The number of phenolic OH excluding ortho intramolecular Hbond substituents is 1. The predicted octanol–water partition coefficient (Wildman–Crippen LogP) is 6.68. The number of carbonyl (C=O) groups excluding carboxylic acids is 1. The summed E-state index contributed by atoms with van der Waals surface area (Å²) in [5.74, 6) is 1.20. The van der Waals surface area contributed by atoms with E-state index in [1.165, 1.54) is 0 Å². The molecule has 1 aliphatic heterocycles. The molecule has 3 heterocycles. The smallest absolute Gasteiger partial charge is 0.273 e. The van der Waals surface area contributed by atoms with Crippen LogP contribution in [0.4, 0.5) is 0 Å². The maximum absolute atomic E-state index is 13.7. The van der Waals surface area contributed by atoms with E-state index in [4.69, 9.17) is 16.3 Å².